The third-order valence-electron chi connectivity index (χ3n) is 3.02. The molecule has 0 radical (unpaired) electrons. The van der Waals surface area contributed by atoms with E-state index in [1.807, 2.05) is 12.1 Å². The molecule has 2 nitrogen and oxygen atoms in total. The normalized spacial score (nSPS) is 10.5. The third kappa shape index (κ3) is 7.33. The van der Waals surface area contributed by atoms with Gasteiger partial charge in [-0.1, -0.05) is 49.4 Å². The molecule has 1 aromatic carbocycles. The second-order valence-corrected chi connectivity index (χ2v) is 5.08. The molecule has 18 heavy (non-hydrogen) atoms. The van der Waals surface area contributed by atoms with Crippen molar-refractivity contribution in [1.82, 2.24) is 0 Å². The molecule has 0 amide bonds. The molecule has 0 saturated heterocycles. The molecule has 0 aromatic heterocycles. The fourth-order valence-electron chi connectivity index (χ4n) is 1.96. The summed E-state index contributed by atoms with van der Waals surface area (Å²) in [5.74, 6) is -0.683. The molecule has 0 saturated carbocycles. The summed E-state index contributed by atoms with van der Waals surface area (Å²) in [5, 5.41) is 9.28. The molecule has 1 N–H and O–H groups in total. The lowest BCUT2D eigenvalue weighted by Gasteiger charge is -2.02. The third-order valence-corrected chi connectivity index (χ3v) is 3.27. The smallest absolute Gasteiger partial charge is 0.303 e. The number of carboxylic acid groups (broad SMARTS) is 1. The zero-order valence-corrected chi connectivity index (χ0v) is 11.5. The number of aryl methyl sites for hydroxylation is 1. The highest BCUT2D eigenvalue weighted by molar-refractivity contribution is 6.30. The van der Waals surface area contributed by atoms with Gasteiger partial charge in [0.2, 0.25) is 0 Å². The number of hydrogen-bond acceptors (Lipinski definition) is 1. The molecule has 3 heteroatoms. The van der Waals surface area contributed by atoms with Crippen LogP contribution in [0.3, 0.4) is 0 Å². The van der Waals surface area contributed by atoms with Crippen LogP contribution in [0.1, 0.15) is 50.5 Å². The Kier molecular flexibility index (Phi) is 7.51. The molecule has 0 unspecified atom stereocenters. The Bertz CT molecular complexity index is 346. The first-order valence-electron chi connectivity index (χ1n) is 6.65. The van der Waals surface area contributed by atoms with E-state index in [1.54, 1.807) is 0 Å². The minimum atomic E-state index is -0.683. The number of hydrogen-bond donors (Lipinski definition) is 1. The molecule has 0 atom stereocenters. The Balaban J connectivity index is 1.95. The first kappa shape index (κ1) is 15.0. The van der Waals surface area contributed by atoms with Crippen molar-refractivity contribution in [1.29, 1.82) is 0 Å². The maximum atomic E-state index is 10.3. The van der Waals surface area contributed by atoms with Gasteiger partial charge in [0, 0.05) is 11.4 Å². The number of aliphatic carboxylic acids is 1. The van der Waals surface area contributed by atoms with Gasteiger partial charge in [-0.2, -0.15) is 0 Å². The van der Waals surface area contributed by atoms with E-state index in [1.165, 1.54) is 24.8 Å². The molecular formula is C15H21ClO2. The lowest BCUT2D eigenvalue weighted by molar-refractivity contribution is -0.137. The van der Waals surface area contributed by atoms with Gasteiger partial charge in [0.1, 0.15) is 0 Å². The topological polar surface area (TPSA) is 37.3 Å². The van der Waals surface area contributed by atoms with Crippen LogP contribution in [-0.2, 0) is 11.2 Å². The summed E-state index contributed by atoms with van der Waals surface area (Å²) in [6.45, 7) is 0. The zero-order chi connectivity index (χ0) is 13.2. The van der Waals surface area contributed by atoms with Crippen LogP contribution in [0.25, 0.3) is 0 Å². The van der Waals surface area contributed by atoms with Crippen molar-refractivity contribution in [2.24, 2.45) is 0 Å². The molecule has 0 fully saturated rings. The number of unbranched alkanes of at least 4 members (excludes halogenated alkanes) is 5. The summed E-state index contributed by atoms with van der Waals surface area (Å²) >= 11 is 5.82. The number of benzene rings is 1. The van der Waals surface area contributed by atoms with Crippen LogP contribution < -0.4 is 0 Å². The second kappa shape index (κ2) is 8.98. The highest BCUT2D eigenvalue weighted by Crippen LogP contribution is 2.13. The van der Waals surface area contributed by atoms with Crippen molar-refractivity contribution < 1.29 is 9.90 Å². The number of halogens is 1. The fourth-order valence-corrected chi connectivity index (χ4v) is 2.09. The zero-order valence-electron chi connectivity index (χ0n) is 10.7. The van der Waals surface area contributed by atoms with E-state index in [4.69, 9.17) is 16.7 Å². The van der Waals surface area contributed by atoms with E-state index >= 15 is 0 Å². The highest BCUT2D eigenvalue weighted by atomic mass is 35.5. The van der Waals surface area contributed by atoms with Crippen molar-refractivity contribution in [3.63, 3.8) is 0 Å². The van der Waals surface area contributed by atoms with Crippen molar-refractivity contribution in [2.45, 2.75) is 51.4 Å². The van der Waals surface area contributed by atoms with Gasteiger partial charge in [-0.3, -0.25) is 4.79 Å². The molecule has 0 bridgehead atoms. The number of carbonyl (C=O) groups is 1. The van der Waals surface area contributed by atoms with Crippen LogP contribution in [0.4, 0.5) is 0 Å². The van der Waals surface area contributed by atoms with E-state index in [0.717, 1.165) is 30.7 Å². The Morgan fingerprint density at radius 3 is 2.11 bits per heavy atom. The molecule has 0 aliphatic carbocycles. The van der Waals surface area contributed by atoms with Gasteiger partial charge >= 0.3 is 5.97 Å². The maximum Gasteiger partial charge on any atom is 0.303 e. The first-order chi connectivity index (χ1) is 8.68. The molecule has 0 aliphatic heterocycles. The summed E-state index contributed by atoms with van der Waals surface area (Å²) in [6.07, 6.45) is 8.02. The lowest BCUT2D eigenvalue weighted by Crippen LogP contribution is -1.93. The molecule has 0 aliphatic rings. The van der Waals surface area contributed by atoms with E-state index in [9.17, 15) is 4.79 Å². The van der Waals surface area contributed by atoms with Gasteiger partial charge in [0.05, 0.1) is 0 Å². The number of carboxylic acids is 1. The minimum absolute atomic E-state index is 0.310. The molecule has 1 rings (SSSR count). The SMILES string of the molecule is O=C(O)CCCCCCCCc1ccc(Cl)cc1. The Morgan fingerprint density at radius 2 is 1.50 bits per heavy atom. The summed E-state index contributed by atoms with van der Waals surface area (Å²) in [4.78, 5) is 10.3. The summed E-state index contributed by atoms with van der Waals surface area (Å²) < 4.78 is 0. The average Bonchev–Trinajstić information content (AvgIpc) is 2.34. The Labute approximate surface area is 114 Å². The van der Waals surface area contributed by atoms with Crippen LogP contribution in [0.5, 0.6) is 0 Å². The van der Waals surface area contributed by atoms with Gasteiger partial charge in [-0.05, 0) is 37.0 Å². The molecule has 1 aromatic rings. The van der Waals surface area contributed by atoms with Crippen molar-refractivity contribution >= 4 is 17.6 Å². The fraction of sp³-hybridized carbons (Fsp3) is 0.533. The minimum Gasteiger partial charge on any atom is -0.481 e. The molecule has 100 valence electrons. The standard InChI is InChI=1S/C15H21ClO2/c16-14-11-9-13(10-12-14)7-5-3-1-2-4-6-8-15(17)18/h9-12H,1-8H2,(H,17,18). The van der Waals surface area contributed by atoms with E-state index in [-0.39, 0.29) is 0 Å². The quantitative estimate of drug-likeness (QED) is 0.659. The van der Waals surface area contributed by atoms with Gasteiger partial charge in [0.25, 0.3) is 0 Å². The first-order valence-corrected chi connectivity index (χ1v) is 7.02. The van der Waals surface area contributed by atoms with Crippen molar-refractivity contribution in [3.8, 4) is 0 Å². The predicted molar refractivity (Wildman–Crippen MR) is 75.1 cm³/mol. The van der Waals surface area contributed by atoms with Crippen LogP contribution in [0, 0.1) is 0 Å². The van der Waals surface area contributed by atoms with E-state index in [0.29, 0.717) is 6.42 Å². The average molecular weight is 269 g/mol. The monoisotopic (exact) mass is 268 g/mol. The van der Waals surface area contributed by atoms with Gasteiger partial charge in [-0.25, -0.2) is 0 Å². The van der Waals surface area contributed by atoms with Gasteiger partial charge in [0.15, 0.2) is 0 Å². The predicted octanol–water partition coefficient (Wildman–Crippen LogP) is 4.70. The maximum absolute atomic E-state index is 10.3. The summed E-state index contributed by atoms with van der Waals surface area (Å²) in [5.41, 5.74) is 1.34. The second-order valence-electron chi connectivity index (χ2n) is 4.64. The van der Waals surface area contributed by atoms with Crippen LogP contribution in [-0.4, -0.2) is 11.1 Å². The molecule has 0 heterocycles. The lowest BCUT2D eigenvalue weighted by atomic mass is 10.0. The Morgan fingerprint density at radius 1 is 0.944 bits per heavy atom. The molecule has 0 spiro atoms. The molecular weight excluding hydrogens is 248 g/mol. The highest BCUT2D eigenvalue weighted by Gasteiger charge is 1.97. The largest absolute Gasteiger partial charge is 0.481 e. The van der Waals surface area contributed by atoms with Crippen molar-refractivity contribution in [3.05, 3.63) is 34.9 Å². The van der Waals surface area contributed by atoms with E-state index in [2.05, 4.69) is 12.1 Å². The van der Waals surface area contributed by atoms with Crippen molar-refractivity contribution in [2.75, 3.05) is 0 Å². The van der Waals surface area contributed by atoms with Gasteiger partial charge < -0.3 is 5.11 Å². The van der Waals surface area contributed by atoms with E-state index < -0.39 is 5.97 Å². The van der Waals surface area contributed by atoms with Crippen LogP contribution >= 0.6 is 11.6 Å². The van der Waals surface area contributed by atoms with Crippen LogP contribution in [0.15, 0.2) is 24.3 Å². The summed E-state index contributed by atoms with van der Waals surface area (Å²) in [7, 11) is 0. The number of rotatable bonds is 9. The van der Waals surface area contributed by atoms with Crippen LogP contribution in [0.2, 0.25) is 5.02 Å². The summed E-state index contributed by atoms with van der Waals surface area (Å²) in [6, 6.07) is 8.02. The Hall–Kier alpha value is -1.02. The van der Waals surface area contributed by atoms with Gasteiger partial charge in [-0.15, -0.1) is 0 Å².